The molecule has 2 aromatic carbocycles. The minimum Gasteiger partial charge on any atom is -0.449 e. The quantitative estimate of drug-likeness (QED) is 0.430. The number of nitro benzene ring substituents is 1. The molecule has 1 atom stereocenters. The van der Waals surface area contributed by atoms with Gasteiger partial charge in [0.05, 0.1) is 4.92 Å². The SMILES string of the molecule is CC(OC(=O)c1ccc(Cl)cc1[N+](=O)[O-])C(=O)Nc1cc(Cl)cc(Cl)c1. The zero-order valence-electron chi connectivity index (χ0n) is 13.2. The van der Waals surface area contributed by atoms with E-state index < -0.39 is 28.6 Å². The number of esters is 1. The highest BCUT2D eigenvalue weighted by Gasteiger charge is 2.25. The van der Waals surface area contributed by atoms with Crippen LogP contribution in [0.15, 0.2) is 36.4 Å². The van der Waals surface area contributed by atoms with Gasteiger partial charge in [-0.2, -0.15) is 0 Å². The van der Waals surface area contributed by atoms with Gasteiger partial charge >= 0.3 is 5.97 Å². The van der Waals surface area contributed by atoms with Crippen LogP contribution in [0, 0.1) is 10.1 Å². The van der Waals surface area contributed by atoms with Crippen LogP contribution < -0.4 is 5.32 Å². The number of nitro groups is 1. The van der Waals surface area contributed by atoms with Crippen molar-refractivity contribution in [2.45, 2.75) is 13.0 Å². The van der Waals surface area contributed by atoms with Crippen molar-refractivity contribution in [3.63, 3.8) is 0 Å². The molecule has 2 rings (SSSR count). The molecule has 0 heterocycles. The molecule has 0 fully saturated rings. The van der Waals surface area contributed by atoms with Crippen molar-refractivity contribution in [2.24, 2.45) is 0 Å². The lowest BCUT2D eigenvalue weighted by Crippen LogP contribution is -2.30. The van der Waals surface area contributed by atoms with Crippen molar-refractivity contribution in [3.05, 3.63) is 67.1 Å². The highest BCUT2D eigenvalue weighted by molar-refractivity contribution is 6.35. The van der Waals surface area contributed by atoms with E-state index in [1.54, 1.807) is 0 Å². The Bertz CT molecular complexity index is 868. The van der Waals surface area contributed by atoms with Crippen LogP contribution >= 0.6 is 34.8 Å². The number of nitrogens with zero attached hydrogens (tertiary/aromatic N) is 1. The highest BCUT2D eigenvalue weighted by Crippen LogP contribution is 2.25. The molecule has 0 aliphatic rings. The molecule has 0 bridgehead atoms. The molecule has 0 saturated carbocycles. The molecular formula is C16H11Cl3N2O5. The van der Waals surface area contributed by atoms with E-state index in [1.165, 1.54) is 31.2 Å². The van der Waals surface area contributed by atoms with Gasteiger partial charge in [0.2, 0.25) is 0 Å². The molecule has 7 nitrogen and oxygen atoms in total. The van der Waals surface area contributed by atoms with Gasteiger partial charge in [-0.1, -0.05) is 34.8 Å². The molecule has 0 aliphatic heterocycles. The van der Waals surface area contributed by atoms with E-state index in [9.17, 15) is 19.7 Å². The predicted octanol–water partition coefficient (Wildman–Crippen LogP) is 4.74. The first kappa shape index (κ1) is 20.0. The number of carbonyl (C=O) groups is 2. The summed E-state index contributed by atoms with van der Waals surface area (Å²) in [7, 11) is 0. The Morgan fingerprint density at radius 2 is 1.69 bits per heavy atom. The van der Waals surface area contributed by atoms with Gasteiger partial charge < -0.3 is 10.1 Å². The first-order chi connectivity index (χ1) is 12.2. The summed E-state index contributed by atoms with van der Waals surface area (Å²) in [6.07, 6.45) is -1.23. The van der Waals surface area contributed by atoms with Crippen molar-refractivity contribution >= 4 is 58.1 Å². The summed E-state index contributed by atoms with van der Waals surface area (Å²) in [4.78, 5) is 34.6. The maximum Gasteiger partial charge on any atom is 0.345 e. The van der Waals surface area contributed by atoms with Crippen LogP contribution in [0.25, 0.3) is 0 Å². The second-order valence-corrected chi connectivity index (χ2v) is 6.42. The molecule has 10 heteroatoms. The molecule has 2 aromatic rings. The number of carbonyl (C=O) groups excluding carboxylic acids is 2. The average molecular weight is 418 g/mol. The van der Waals surface area contributed by atoms with Crippen LogP contribution in [0.5, 0.6) is 0 Å². The zero-order chi connectivity index (χ0) is 19.4. The summed E-state index contributed by atoms with van der Waals surface area (Å²) < 4.78 is 5.00. The van der Waals surface area contributed by atoms with Crippen molar-refractivity contribution in [2.75, 3.05) is 5.32 Å². The molecule has 0 aromatic heterocycles. The number of rotatable bonds is 5. The minimum atomic E-state index is -1.23. The summed E-state index contributed by atoms with van der Waals surface area (Å²) in [5, 5.41) is 14.2. The second-order valence-electron chi connectivity index (χ2n) is 5.11. The normalized spacial score (nSPS) is 11.5. The average Bonchev–Trinajstić information content (AvgIpc) is 2.53. The number of nitrogens with one attached hydrogen (secondary N) is 1. The van der Waals surface area contributed by atoms with Crippen molar-refractivity contribution in [1.29, 1.82) is 0 Å². The van der Waals surface area contributed by atoms with Gasteiger partial charge in [-0.3, -0.25) is 14.9 Å². The third kappa shape index (κ3) is 5.08. The molecule has 1 amide bonds. The third-order valence-corrected chi connectivity index (χ3v) is 3.83. The van der Waals surface area contributed by atoms with E-state index in [1.807, 2.05) is 0 Å². The van der Waals surface area contributed by atoms with Crippen molar-refractivity contribution < 1.29 is 19.2 Å². The van der Waals surface area contributed by atoms with Crippen LogP contribution in [0.2, 0.25) is 15.1 Å². The Morgan fingerprint density at radius 3 is 2.27 bits per heavy atom. The monoisotopic (exact) mass is 416 g/mol. The van der Waals surface area contributed by atoms with Crippen LogP contribution in [0.4, 0.5) is 11.4 Å². The van der Waals surface area contributed by atoms with E-state index in [0.29, 0.717) is 15.7 Å². The maximum atomic E-state index is 12.2. The third-order valence-electron chi connectivity index (χ3n) is 3.16. The molecule has 0 saturated heterocycles. The van der Waals surface area contributed by atoms with E-state index in [0.717, 1.165) is 12.1 Å². The highest BCUT2D eigenvalue weighted by atomic mass is 35.5. The van der Waals surface area contributed by atoms with Gasteiger partial charge in [0.1, 0.15) is 5.56 Å². The summed E-state index contributed by atoms with van der Waals surface area (Å²) in [6.45, 7) is 1.32. The van der Waals surface area contributed by atoms with Gasteiger partial charge in [-0.15, -0.1) is 0 Å². The summed E-state index contributed by atoms with van der Waals surface area (Å²) in [6, 6.07) is 7.90. The topological polar surface area (TPSA) is 98.5 Å². The molecule has 26 heavy (non-hydrogen) atoms. The Kier molecular flexibility index (Phi) is 6.42. The molecule has 0 aliphatic carbocycles. The maximum absolute atomic E-state index is 12.2. The van der Waals surface area contributed by atoms with Crippen LogP contribution in [-0.4, -0.2) is 22.9 Å². The lowest BCUT2D eigenvalue weighted by atomic mass is 10.2. The smallest absolute Gasteiger partial charge is 0.345 e. The van der Waals surface area contributed by atoms with Gasteiger partial charge in [0.15, 0.2) is 6.10 Å². The number of anilines is 1. The van der Waals surface area contributed by atoms with Crippen LogP contribution in [-0.2, 0) is 9.53 Å². The van der Waals surface area contributed by atoms with Gasteiger partial charge in [0.25, 0.3) is 11.6 Å². The zero-order valence-corrected chi connectivity index (χ0v) is 15.4. The van der Waals surface area contributed by atoms with Gasteiger partial charge in [-0.05, 0) is 37.3 Å². The number of ether oxygens (including phenoxy) is 1. The number of amides is 1. The first-order valence-corrected chi connectivity index (χ1v) is 8.22. The summed E-state index contributed by atoms with van der Waals surface area (Å²) in [5.74, 6) is -1.69. The number of hydrogen-bond acceptors (Lipinski definition) is 5. The van der Waals surface area contributed by atoms with Crippen LogP contribution in [0.1, 0.15) is 17.3 Å². The predicted molar refractivity (Wildman–Crippen MR) is 98.1 cm³/mol. The molecule has 0 spiro atoms. The summed E-state index contributed by atoms with van der Waals surface area (Å²) >= 11 is 17.4. The van der Waals surface area contributed by atoms with E-state index in [2.05, 4.69) is 5.32 Å². The largest absolute Gasteiger partial charge is 0.449 e. The lowest BCUT2D eigenvalue weighted by Gasteiger charge is -2.14. The van der Waals surface area contributed by atoms with Crippen LogP contribution in [0.3, 0.4) is 0 Å². The molecule has 1 unspecified atom stereocenters. The fourth-order valence-electron chi connectivity index (χ4n) is 1.98. The standard InChI is InChI=1S/C16H11Cl3N2O5/c1-8(15(22)20-12-5-10(18)4-11(19)6-12)26-16(23)13-3-2-9(17)7-14(13)21(24)25/h2-8H,1H3,(H,20,22). The van der Waals surface area contributed by atoms with Gasteiger partial charge in [0, 0.05) is 26.8 Å². The Balaban J connectivity index is 2.11. The van der Waals surface area contributed by atoms with Crippen molar-refractivity contribution in [1.82, 2.24) is 0 Å². The summed E-state index contributed by atoms with van der Waals surface area (Å²) in [5.41, 5.74) is -0.519. The van der Waals surface area contributed by atoms with E-state index in [4.69, 9.17) is 39.5 Å². The Morgan fingerprint density at radius 1 is 1.08 bits per heavy atom. The van der Waals surface area contributed by atoms with Gasteiger partial charge in [-0.25, -0.2) is 4.79 Å². The fourth-order valence-corrected chi connectivity index (χ4v) is 2.67. The fraction of sp³-hybridized carbons (Fsp3) is 0.125. The van der Waals surface area contributed by atoms with E-state index in [-0.39, 0.29) is 10.6 Å². The number of benzene rings is 2. The van der Waals surface area contributed by atoms with E-state index >= 15 is 0 Å². The minimum absolute atomic E-state index is 0.0943. The molecule has 136 valence electrons. The number of halogens is 3. The molecule has 0 radical (unpaired) electrons. The Hall–Kier alpha value is -2.35. The molecule has 1 N–H and O–H groups in total. The lowest BCUT2D eigenvalue weighted by molar-refractivity contribution is -0.385. The van der Waals surface area contributed by atoms with Crippen molar-refractivity contribution in [3.8, 4) is 0 Å². The number of hydrogen-bond donors (Lipinski definition) is 1. The molecular weight excluding hydrogens is 407 g/mol. The Labute approximate surface area is 162 Å². The second kappa shape index (κ2) is 8.35. The first-order valence-electron chi connectivity index (χ1n) is 7.09.